The van der Waals surface area contributed by atoms with E-state index < -0.39 is 0 Å². The first-order valence-corrected chi connectivity index (χ1v) is 20.6. The predicted octanol–water partition coefficient (Wildman–Crippen LogP) is 16.7. The third-order valence-corrected chi connectivity index (χ3v) is 12.2. The zero-order chi connectivity index (χ0) is 39.6. The molecule has 1 heterocycles. The van der Waals surface area contributed by atoms with Crippen molar-refractivity contribution in [2.24, 2.45) is 0 Å². The van der Waals surface area contributed by atoms with Gasteiger partial charge in [-0.1, -0.05) is 170 Å². The number of rotatable bonds is 6. The maximum Gasteiger partial charge on any atom is 0.143 e. The molecular formula is C58H37NO. The summed E-state index contributed by atoms with van der Waals surface area (Å²) < 4.78 is 6.60. The standard InChI is InChI=1S/C58H37NO/c1-2-14-38(15-3-1)47-31-32-56(52-27-11-10-25-50(47)52)59(45-29-33-57-55(37-45)53-30-28-39-16-4-7-23-48(39)58(53)60-57)44-21-13-19-41(35-44)40-18-12-20-42(34-40)54-36-43-17-5-6-22-46(43)49-24-8-9-26-51(49)54/h1-37H. The van der Waals surface area contributed by atoms with Crippen LogP contribution in [0.15, 0.2) is 229 Å². The summed E-state index contributed by atoms with van der Waals surface area (Å²) in [6.45, 7) is 0. The van der Waals surface area contributed by atoms with Crippen LogP contribution in [0.5, 0.6) is 0 Å². The molecule has 12 aromatic rings. The molecule has 280 valence electrons. The van der Waals surface area contributed by atoms with E-state index in [9.17, 15) is 0 Å². The van der Waals surface area contributed by atoms with Gasteiger partial charge in [-0.25, -0.2) is 0 Å². The van der Waals surface area contributed by atoms with Crippen LogP contribution in [-0.4, -0.2) is 0 Å². The van der Waals surface area contributed by atoms with Gasteiger partial charge in [0.05, 0.1) is 5.69 Å². The van der Waals surface area contributed by atoms with E-state index in [2.05, 4.69) is 229 Å². The van der Waals surface area contributed by atoms with E-state index in [0.717, 1.165) is 50.0 Å². The topological polar surface area (TPSA) is 16.4 Å². The van der Waals surface area contributed by atoms with E-state index in [4.69, 9.17) is 4.42 Å². The van der Waals surface area contributed by atoms with Crippen molar-refractivity contribution in [1.82, 2.24) is 0 Å². The summed E-state index contributed by atoms with van der Waals surface area (Å²) >= 11 is 0. The average molecular weight is 764 g/mol. The molecule has 11 aromatic carbocycles. The molecule has 1 aromatic heterocycles. The van der Waals surface area contributed by atoms with E-state index in [1.165, 1.54) is 65.5 Å². The van der Waals surface area contributed by atoms with Crippen molar-refractivity contribution in [2.45, 2.75) is 0 Å². The summed E-state index contributed by atoms with van der Waals surface area (Å²) in [4.78, 5) is 2.42. The molecule has 0 saturated carbocycles. The minimum absolute atomic E-state index is 0.876. The summed E-state index contributed by atoms with van der Waals surface area (Å²) in [5.41, 5.74) is 12.2. The second-order valence-corrected chi connectivity index (χ2v) is 15.6. The van der Waals surface area contributed by atoms with Crippen molar-refractivity contribution in [3.8, 4) is 33.4 Å². The van der Waals surface area contributed by atoms with Crippen molar-refractivity contribution in [1.29, 1.82) is 0 Å². The number of hydrogen-bond donors (Lipinski definition) is 0. The fraction of sp³-hybridized carbons (Fsp3) is 0. The van der Waals surface area contributed by atoms with Gasteiger partial charge >= 0.3 is 0 Å². The molecule has 0 fully saturated rings. The molecule has 0 amide bonds. The van der Waals surface area contributed by atoms with Crippen LogP contribution in [0.1, 0.15) is 0 Å². The van der Waals surface area contributed by atoms with Gasteiger partial charge in [-0.2, -0.15) is 0 Å². The first kappa shape index (κ1) is 34.1. The van der Waals surface area contributed by atoms with E-state index >= 15 is 0 Å². The first-order chi connectivity index (χ1) is 29.7. The molecule has 0 atom stereocenters. The molecule has 12 rings (SSSR count). The Hall–Kier alpha value is -7.94. The summed E-state index contributed by atoms with van der Waals surface area (Å²) in [6.07, 6.45) is 0. The Kier molecular flexibility index (Phi) is 7.89. The van der Waals surface area contributed by atoms with Crippen LogP contribution < -0.4 is 4.90 Å². The Morgan fingerprint density at radius 2 is 0.900 bits per heavy atom. The molecule has 0 bridgehead atoms. The van der Waals surface area contributed by atoms with Crippen molar-refractivity contribution in [3.63, 3.8) is 0 Å². The SMILES string of the molecule is c1ccc(-c2ccc(N(c3cccc(-c4cccc(-c5cc6ccccc6c6ccccc56)c4)c3)c3ccc4oc5c6ccccc6ccc5c4c3)c3ccccc23)cc1. The summed E-state index contributed by atoms with van der Waals surface area (Å²) in [6, 6.07) is 81.3. The number of furan rings is 1. The van der Waals surface area contributed by atoms with Gasteiger partial charge < -0.3 is 9.32 Å². The van der Waals surface area contributed by atoms with Gasteiger partial charge in [0.1, 0.15) is 11.2 Å². The largest absolute Gasteiger partial charge is 0.455 e. The molecular weight excluding hydrogens is 727 g/mol. The van der Waals surface area contributed by atoms with Gasteiger partial charge in [-0.15, -0.1) is 0 Å². The van der Waals surface area contributed by atoms with Gasteiger partial charge in [0.2, 0.25) is 0 Å². The third kappa shape index (κ3) is 5.57. The third-order valence-electron chi connectivity index (χ3n) is 12.2. The van der Waals surface area contributed by atoms with Crippen LogP contribution >= 0.6 is 0 Å². The maximum absolute atomic E-state index is 6.60. The molecule has 0 N–H and O–H groups in total. The lowest BCUT2D eigenvalue weighted by molar-refractivity contribution is 0.672. The van der Waals surface area contributed by atoms with Crippen LogP contribution in [0.4, 0.5) is 17.1 Å². The number of anilines is 3. The van der Waals surface area contributed by atoms with E-state index in [1.54, 1.807) is 0 Å². The van der Waals surface area contributed by atoms with Crippen molar-refractivity contribution in [2.75, 3.05) is 4.90 Å². The van der Waals surface area contributed by atoms with Gasteiger partial charge in [0.25, 0.3) is 0 Å². The number of nitrogens with zero attached hydrogens (tertiary/aromatic N) is 1. The molecule has 60 heavy (non-hydrogen) atoms. The quantitative estimate of drug-likeness (QED) is 0.157. The van der Waals surface area contributed by atoms with E-state index in [1.807, 2.05) is 0 Å². The fourth-order valence-corrected chi connectivity index (χ4v) is 9.39. The minimum Gasteiger partial charge on any atom is -0.455 e. The first-order valence-electron chi connectivity index (χ1n) is 20.6. The number of fused-ring (bicyclic) bond motifs is 9. The summed E-state index contributed by atoms with van der Waals surface area (Å²) in [5.74, 6) is 0. The second-order valence-electron chi connectivity index (χ2n) is 15.6. The van der Waals surface area contributed by atoms with Gasteiger partial charge in [0.15, 0.2) is 0 Å². The fourth-order valence-electron chi connectivity index (χ4n) is 9.39. The summed E-state index contributed by atoms with van der Waals surface area (Å²) in [5, 5.41) is 11.9. The number of hydrogen-bond acceptors (Lipinski definition) is 2. The van der Waals surface area contributed by atoms with Crippen molar-refractivity contribution >= 4 is 82.1 Å². The zero-order valence-corrected chi connectivity index (χ0v) is 32.7. The van der Waals surface area contributed by atoms with Crippen LogP contribution in [-0.2, 0) is 0 Å². The Balaban J connectivity index is 1.05. The molecule has 0 unspecified atom stereocenters. The van der Waals surface area contributed by atoms with Crippen LogP contribution in [0.25, 0.3) is 98.4 Å². The minimum atomic E-state index is 0.876. The Labute approximate surface area is 347 Å². The smallest absolute Gasteiger partial charge is 0.143 e. The van der Waals surface area contributed by atoms with E-state index in [-0.39, 0.29) is 0 Å². The highest BCUT2D eigenvalue weighted by Gasteiger charge is 2.20. The average Bonchev–Trinajstić information content (AvgIpc) is 3.70. The van der Waals surface area contributed by atoms with Crippen molar-refractivity contribution < 1.29 is 4.42 Å². The molecule has 0 radical (unpaired) electrons. The van der Waals surface area contributed by atoms with Gasteiger partial charge in [-0.3, -0.25) is 0 Å². The van der Waals surface area contributed by atoms with Crippen LogP contribution in [0.2, 0.25) is 0 Å². The lowest BCUT2D eigenvalue weighted by atomic mass is 9.92. The normalized spacial score (nSPS) is 11.7. The summed E-state index contributed by atoms with van der Waals surface area (Å²) in [7, 11) is 0. The lowest BCUT2D eigenvalue weighted by Crippen LogP contribution is -2.10. The van der Waals surface area contributed by atoms with Crippen LogP contribution in [0.3, 0.4) is 0 Å². The highest BCUT2D eigenvalue weighted by Crippen LogP contribution is 2.45. The zero-order valence-electron chi connectivity index (χ0n) is 32.7. The van der Waals surface area contributed by atoms with Gasteiger partial charge in [-0.05, 0) is 120 Å². The highest BCUT2D eigenvalue weighted by molar-refractivity contribution is 6.17. The van der Waals surface area contributed by atoms with E-state index in [0.29, 0.717) is 0 Å². The molecule has 0 saturated heterocycles. The molecule has 2 heteroatoms. The van der Waals surface area contributed by atoms with Gasteiger partial charge in [0, 0.05) is 32.9 Å². The molecule has 0 spiro atoms. The predicted molar refractivity (Wildman–Crippen MR) is 255 cm³/mol. The maximum atomic E-state index is 6.60. The number of benzene rings is 11. The molecule has 0 aliphatic heterocycles. The van der Waals surface area contributed by atoms with Crippen molar-refractivity contribution in [3.05, 3.63) is 224 Å². The molecule has 0 aliphatic rings. The Morgan fingerprint density at radius 1 is 0.283 bits per heavy atom. The molecule has 2 nitrogen and oxygen atoms in total. The molecule has 0 aliphatic carbocycles. The monoisotopic (exact) mass is 763 g/mol. The van der Waals surface area contributed by atoms with Crippen LogP contribution in [0, 0.1) is 0 Å². The highest BCUT2D eigenvalue weighted by atomic mass is 16.3. The Morgan fingerprint density at radius 3 is 1.73 bits per heavy atom. The lowest BCUT2D eigenvalue weighted by Gasteiger charge is -2.28. The Bertz CT molecular complexity index is 3620. The second kappa shape index (κ2) is 13.9.